The molecule has 0 bridgehead atoms. The van der Waals surface area contributed by atoms with Crippen LogP contribution in [0.3, 0.4) is 0 Å². The second-order valence-corrected chi connectivity index (χ2v) is 7.68. The highest BCUT2D eigenvalue weighted by molar-refractivity contribution is 5.38. The van der Waals surface area contributed by atoms with Crippen molar-refractivity contribution in [3.8, 4) is 5.69 Å². The van der Waals surface area contributed by atoms with Gasteiger partial charge in [0.1, 0.15) is 0 Å². The van der Waals surface area contributed by atoms with Gasteiger partial charge in [-0.05, 0) is 49.2 Å². The summed E-state index contributed by atoms with van der Waals surface area (Å²) < 4.78 is 2.01. The molecular weight excluding hydrogens is 360 g/mol. The minimum Gasteiger partial charge on any atom is -0.348 e. The van der Waals surface area contributed by atoms with Gasteiger partial charge in [-0.2, -0.15) is 5.10 Å². The maximum Gasteiger partial charge on any atom is 0.0926 e. The fraction of sp³-hybridized carbons (Fsp3) is 0.261. The molecule has 6 nitrogen and oxygen atoms in total. The third kappa shape index (κ3) is 3.36. The first-order valence-electron chi connectivity index (χ1n) is 9.98. The SMILES string of the molecule is Cc1cc(C)n(-c2cccc(CN3CCc4[nH]cnc4[C@@H]3c3cccnc3)c2)n1. The van der Waals surface area contributed by atoms with E-state index in [1.807, 2.05) is 30.1 Å². The highest BCUT2D eigenvalue weighted by atomic mass is 15.3. The normalized spacial score (nSPS) is 16.7. The quantitative estimate of drug-likeness (QED) is 0.582. The number of nitrogens with zero attached hydrogens (tertiary/aromatic N) is 5. The van der Waals surface area contributed by atoms with Crippen LogP contribution in [0.15, 0.2) is 61.2 Å². The van der Waals surface area contributed by atoms with E-state index >= 15 is 0 Å². The van der Waals surface area contributed by atoms with Gasteiger partial charge < -0.3 is 4.98 Å². The van der Waals surface area contributed by atoms with Crippen molar-refractivity contribution in [3.63, 3.8) is 0 Å². The van der Waals surface area contributed by atoms with Gasteiger partial charge in [-0.3, -0.25) is 9.88 Å². The average Bonchev–Trinajstić information content (AvgIpc) is 3.34. The zero-order valence-corrected chi connectivity index (χ0v) is 16.7. The first-order chi connectivity index (χ1) is 14.2. The Morgan fingerprint density at radius 1 is 1.14 bits per heavy atom. The summed E-state index contributed by atoms with van der Waals surface area (Å²) in [6.45, 7) is 5.94. The van der Waals surface area contributed by atoms with Crippen LogP contribution in [0, 0.1) is 13.8 Å². The largest absolute Gasteiger partial charge is 0.348 e. The summed E-state index contributed by atoms with van der Waals surface area (Å²) >= 11 is 0. The van der Waals surface area contributed by atoms with Crippen molar-refractivity contribution in [2.24, 2.45) is 0 Å². The fourth-order valence-electron chi connectivity index (χ4n) is 4.31. The van der Waals surface area contributed by atoms with E-state index in [0.29, 0.717) is 0 Å². The van der Waals surface area contributed by atoms with Gasteiger partial charge in [-0.15, -0.1) is 0 Å². The number of aromatic nitrogens is 5. The topological polar surface area (TPSA) is 62.6 Å². The maximum atomic E-state index is 4.65. The zero-order chi connectivity index (χ0) is 19.8. The number of pyridine rings is 1. The van der Waals surface area contributed by atoms with Crippen molar-refractivity contribution in [1.82, 2.24) is 29.6 Å². The van der Waals surface area contributed by atoms with E-state index in [-0.39, 0.29) is 6.04 Å². The fourth-order valence-corrected chi connectivity index (χ4v) is 4.31. The molecule has 0 saturated carbocycles. The molecule has 4 aromatic rings. The van der Waals surface area contributed by atoms with Gasteiger partial charge >= 0.3 is 0 Å². The van der Waals surface area contributed by atoms with Crippen LogP contribution in [0.2, 0.25) is 0 Å². The van der Waals surface area contributed by atoms with Crippen molar-refractivity contribution in [3.05, 3.63) is 95.1 Å². The lowest BCUT2D eigenvalue weighted by Crippen LogP contribution is -2.35. The average molecular weight is 384 g/mol. The number of nitrogens with one attached hydrogen (secondary N) is 1. The lowest BCUT2D eigenvalue weighted by molar-refractivity contribution is 0.200. The van der Waals surface area contributed by atoms with E-state index in [1.54, 1.807) is 6.33 Å². The number of H-pyrrole nitrogens is 1. The molecular formula is C23H24N6. The molecule has 0 spiro atoms. The standard InChI is InChI=1S/C23H24N6/c1-16-11-17(2)29(27-16)20-7-3-5-18(12-20)14-28-10-8-21-22(26-15-25-21)23(28)19-6-4-9-24-13-19/h3-7,9,11-13,15,23H,8,10,14H2,1-2H3,(H,25,26)/t23-/m0/s1. The molecule has 6 heteroatoms. The summed E-state index contributed by atoms with van der Waals surface area (Å²) in [5.74, 6) is 0. The smallest absolute Gasteiger partial charge is 0.0926 e. The molecule has 0 aliphatic carbocycles. The van der Waals surface area contributed by atoms with Crippen LogP contribution in [-0.4, -0.2) is 36.2 Å². The first kappa shape index (κ1) is 17.8. The van der Waals surface area contributed by atoms with Gasteiger partial charge in [-0.25, -0.2) is 9.67 Å². The van der Waals surface area contributed by atoms with Crippen LogP contribution in [0.5, 0.6) is 0 Å². The molecule has 146 valence electrons. The van der Waals surface area contributed by atoms with Crippen molar-refractivity contribution in [2.45, 2.75) is 32.9 Å². The molecule has 0 saturated heterocycles. The monoisotopic (exact) mass is 384 g/mol. The predicted molar refractivity (Wildman–Crippen MR) is 112 cm³/mol. The molecule has 0 unspecified atom stereocenters. The molecule has 4 heterocycles. The minimum absolute atomic E-state index is 0.107. The third-order valence-corrected chi connectivity index (χ3v) is 5.58. The number of benzene rings is 1. The molecule has 1 aromatic carbocycles. The number of imidazole rings is 1. The predicted octanol–water partition coefficient (Wildman–Crippen LogP) is 3.75. The second-order valence-electron chi connectivity index (χ2n) is 7.68. The molecule has 1 aliphatic rings. The Kier molecular flexibility index (Phi) is 4.48. The highest BCUT2D eigenvalue weighted by Crippen LogP contribution is 2.34. The number of aryl methyl sites for hydroxylation is 2. The molecule has 0 amide bonds. The van der Waals surface area contributed by atoms with Crippen LogP contribution in [0.4, 0.5) is 0 Å². The molecule has 1 aliphatic heterocycles. The Balaban J connectivity index is 1.48. The van der Waals surface area contributed by atoms with Crippen molar-refractivity contribution in [2.75, 3.05) is 6.54 Å². The van der Waals surface area contributed by atoms with E-state index < -0.39 is 0 Å². The van der Waals surface area contributed by atoms with Gasteiger partial charge in [0.05, 0.1) is 29.4 Å². The summed E-state index contributed by atoms with van der Waals surface area (Å²) in [6.07, 6.45) is 6.55. The van der Waals surface area contributed by atoms with Crippen molar-refractivity contribution in [1.29, 1.82) is 0 Å². The van der Waals surface area contributed by atoms with E-state index in [0.717, 1.165) is 42.3 Å². The number of rotatable bonds is 4. The molecule has 3 aromatic heterocycles. The van der Waals surface area contributed by atoms with E-state index in [2.05, 4.69) is 68.3 Å². The lowest BCUT2D eigenvalue weighted by atomic mass is 9.96. The molecule has 29 heavy (non-hydrogen) atoms. The van der Waals surface area contributed by atoms with Crippen molar-refractivity contribution >= 4 is 0 Å². The number of fused-ring (bicyclic) bond motifs is 1. The summed E-state index contributed by atoms with van der Waals surface area (Å²) in [7, 11) is 0. The third-order valence-electron chi connectivity index (χ3n) is 5.58. The van der Waals surface area contributed by atoms with Crippen LogP contribution in [0.25, 0.3) is 5.69 Å². The van der Waals surface area contributed by atoms with Crippen LogP contribution in [0.1, 0.15) is 39.9 Å². The Morgan fingerprint density at radius 3 is 2.86 bits per heavy atom. The molecule has 0 fully saturated rings. The van der Waals surface area contributed by atoms with Gasteiger partial charge in [0.25, 0.3) is 0 Å². The molecule has 0 radical (unpaired) electrons. The van der Waals surface area contributed by atoms with Gasteiger partial charge in [0.15, 0.2) is 0 Å². The van der Waals surface area contributed by atoms with Crippen LogP contribution < -0.4 is 0 Å². The summed E-state index contributed by atoms with van der Waals surface area (Å²) in [5.41, 5.74) is 8.06. The lowest BCUT2D eigenvalue weighted by Gasteiger charge is -2.35. The van der Waals surface area contributed by atoms with E-state index in [9.17, 15) is 0 Å². The zero-order valence-electron chi connectivity index (χ0n) is 16.7. The van der Waals surface area contributed by atoms with Gasteiger partial charge in [-0.1, -0.05) is 18.2 Å². The van der Waals surface area contributed by atoms with Crippen LogP contribution in [-0.2, 0) is 13.0 Å². The number of hydrogen-bond donors (Lipinski definition) is 1. The molecule has 1 atom stereocenters. The Hall–Kier alpha value is -3.25. The van der Waals surface area contributed by atoms with Gasteiger partial charge in [0.2, 0.25) is 0 Å². The van der Waals surface area contributed by atoms with Crippen LogP contribution >= 0.6 is 0 Å². The number of aromatic amines is 1. The summed E-state index contributed by atoms with van der Waals surface area (Å²) in [5, 5.41) is 4.63. The van der Waals surface area contributed by atoms with E-state index in [1.165, 1.54) is 16.8 Å². The summed E-state index contributed by atoms with van der Waals surface area (Å²) in [6, 6.07) is 15.0. The van der Waals surface area contributed by atoms with Crippen molar-refractivity contribution < 1.29 is 0 Å². The summed E-state index contributed by atoms with van der Waals surface area (Å²) in [4.78, 5) is 14.8. The highest BCUT2D eigenvalue weighted by Gasteiger charge is 2.31. The van der Waals surface area contributed by atoms with Gasteiger partial charge in [0, 0.05) is 43.3 Å². The maximum absolute atomic E-state index is 4.65. The Morgan fingerprint density at radius 2 is 2.07 bits per heavy atom. The number of hydrogen-bond acceptors (Lipinski definition) is 4. The second kappa shape index (κ2) is 7.29. The van der Waals surface area contributed by atoms with E-state index in [4.69, 9.17) is 0 Å². The minimum atomic E-state index is 0.107. The Labute approximate surface area is 170 Å². The first-order valence-corrected chi connectivity index (χ1v) is 9.98. The molecule has 1 N–H and O–H groups in total. The Bertz CT molecular complexity index is 1130. The molecule has 5 rings (SSSR count).